The van der Waals surface area contributed by atoms with Crippen LogP contribution < -0.4 is 5.73 Å². The molecule has 1 aromatic carbocycles. The van der Waals surface area contributed by atoms with E-state index in [0.29, 0.717) is 5.92 Å². The molecule has 2 atom stereocenters. The van der Waals surface area contributed by atoms with E-state index in [9.17, 15) is 4.39 Å². The quantitative estimate of drug-likeness (QED) is 0.832. The SMILES string of the molecule is CCCC(C)C1(N)CCc2cc(F)ccc21. The highest BCUT2D eigenvalue weighted by molar-refractivity contribution is 5.39. The van der Waals surface area contributed by atoms with Crippen molar-refractivity contribution in [3.05, 3.63) is 35.1 Å². The molecule has 1 aromatic rings. The molecule has 0 radical (unpaired) electrons. The van der Waals surface area contributed by atoms with E-state index in [-0.39, 0.29) is 11.4 Å². The van der Waals surface area contributed by atoms with E-state index in [4.69, 9.17) is 5.73 Å². The maximum atomic E-state index is 13.1. The van der Waals surface area contributed by atoms with Crippen LogP contribution in [0.2, 0.25) is 0 Å². The molecule has 0 saturated carbocycles. The van der Waals surface area contributed by atoms with Crippen molar-refractivity contribution in [2.75, 3.05) is 0 Å². The Balaban J connectivity index is 2.34. The van der Waals surface area contributed by atoms with Crippen LogP contribution in [-0.4, -0.2) is 0 Å². The lowest BCUT2D eigenvalue weighted by Gasteiger charge is -2.32. The van der Waals surface area contributed by atoms with Gasteiger partial charge in [0.1, 0.15) is 5.82 Å². The Morgan fingerprint density at radius 3 is 2.94 bits per heavy atom. The van der Waals surface area contributed by atoms with Crippen LogP contribution >= 0.6 is 0 Å². The average molecular weight is 221 g/mol. The summed E-state index contributed by atoms with van der Waals surface area (Å²) in [4.78, 5) is 0. The zero-order valence-corrected chi connectivity index (χ0v) is 10.1. The van der Waals surface area contributed by atoms with Crippen LogP contribution in [0.1, 0.15) is 44.2 Å². The smallest absolute Gasteiger partial charge is 0.123 e. The fourth-order valence-corrected chi connectivity index (χ4v) is 2.90. The van der Waals surface area contributed by atoms with Gasteiger partial charge in [-0.3, -0.25) is 0 Å². The molecule has 0 saturated heterocycles. The van der Waals surface area contributed by atoms with Gasteiger partial charge in [-0.15, -0.1) is 0 Å². The van der Waals surface area contributed by atoms with Crippen molar-refractivity contribution in [2.24, 2.45) is 11.7 Å². The zero-order valence-electron chi connectivity index (χ0n) is 10.1. The summed E-state index contributed by atoms with van der Waals surface area (Å²) < 4.78 is 13.1. The van der Waals surface area contributed by atoms with E-state index in [2.05, 4.69) is 13.8 Å². The van der Waals surface area contributed by atoms with Gasteiger partial charge in [-0.25, -0.2) is 4.39 Å². The third-order valence-electron chi connectivity index (χ3n) is 3.98. The highest BCUT2D eigenvalue weighted by atomic mass is 19.1. The molecule has 0 aromatic heterocycles. The molecule has 1 aliphatic carbocycles. The molecule has 0 amide bonds. The molecule has 0 fully saturated rings. The van der Waals surface area contributed by atoms with Gasteiger partial charge in [0.2, 0.25) is 0 Å². The molecule has 88 valence electrons. The van der Waals surface area contributed by atoms with Gasteiger partial charge in [0, 0.05) is 5.54 Å². The molecular weight excluding hydrogens is 201 g/mol. The van der Waals surface area contributed by atoms with Crippen molar-refractivity contribution in [3.63, 3.8) is 0 Å². The Morgan fingerprint density at radius 1 is 1.50 bits per heavy atom. The lowest BCUT2D eigenvalue weighted by atomic mass is 9.79. The summed E-state index contributed by atoms with van der Waals surface area (Å²) in [6, 6.07) is 5.05. The van der Waals surface area contributed by atoms with E-state index in [1.165, 1.54) is 6.07 Å². The van der Waals surface area contributed by atoms with Crippen LogP contribution in [0.4, 0.5) is 4.39 Å². The molecule has 0 bridgehead atoms. The first-order valence-corrected chi connectivity index (χ1v) is 6.15. The van der Waals surface area contributed by atoms with Crippen LogP contribution in [0.25, 0.3) is 0 Å². The zero-order chi connectivity index (χ0) is 11.8. The lowest BCUT2D eigenvalue weighted by molar-refractivity contribution is 0.276. The maximum Gasteiger partial charge on any atom is 0.123 e. The van der Waals surface area contributed by atoms with E-state index < -0.39 is 0 Å². The second-order valence-corrected chi connectivity index (χ2v) is 5.03. The highest BCUT2D eigenvalue weighted by Crippen LogP contribution is 2.41. The first-order chi connectivity index (χ1) is 7.58. The van der Waals surface area contributed by atoms with Gasteiger partial charge in [-0.1, -0.05) is 26.3 Å². The number of nitrogens with two attached hydrogens (primary N) is 1. The molecule has 2 heteroatoms. The standard InChI is InChI=1S/C14H20FN/c1-3-4-10(2)14(16)8-7-11-9-12(15)5-6-13(11)14/h5-6,9-10H,3-4,7-8,16H2,1-2H3. The van der Waals surface area contributed by atoms with Crippen LogP contribution in [0, 0.1) is 11.7 Å². The molecule has 0 heterocycles. The molecule has 0 spiro atoms. The number of aryl methyl sites for hydroxylation is 1. The van der Waals surface area contributed by atoms with Gasteiger partial charge in [-0.05, 0) is 48.4 Å². The molecular formula is C14H20FN. The fourth-order valence-electron chi connectivity index (χ4n) is 2.90. The third kappa shape index (κ3) is 1.75. The van der Waals surface area contributed by atoms with Gasteiger partial charge in [0.15, 0.2) is 0 Å². The van der Waals surface area contributed by atoms with E-state index in [1.54, 1.807) is 6.07 Å². The number of hydrogen-bond donors (Lipinski definition) is 1. The molecule has 0 aliphatic heterocycles. The number of benzene rings is 1. The molecule has 16 heavy (non-hydrogen) atoms. The van der Waals surface area contributed by atoms with Gasteiger partial charge in [0.05, 0.1) is 0 Å². The van der Waals surface area contributed by atoms with E-state index in [1.807, 2.05) is 6.07 Å². The maximum absolute atomic E-state index is 13.1. The van der Waals surface area contributed by atoms with Crippen molar-refractivity contribution in [3.8, 4) is 0 Å². The summed E-state index contributed by atoms with van der Waals surface area (Å²) in [5.74, 6) is 0.315. The topological polar surface area (TPSA) is 26.0 Å². The van der Waals surface area contributed by atoms with Gasteiger partial charge >= 0.3 is 0 Å². The Kier molecular flexibility index (Phi) is 3.02. The van der Waals surface area contributed by atoms with Gasteiger partial charge < -0.3 is 5.73 Å². The number of halogens is 1. The van der Waals surface area contributed by atoms with Crippen molar-refractivity contribution in [1.82, 2.24) is 0 Å². The summed E-state index contributed by atoms with van der Waals surface area (Å²) in [5.41, 5.74) is 8.56. The molecule has 1 aliphatic rings. The Bertz CT molecular complexity index is 388. The predicted octanol–water partition coefficient (Wildman–Crippen LogP) is 3.36. The lowest BCUT2D eigenvalue weighted by Crippen LogP contribution is -2.40. The molecule has 2 unspecified atom stereocenters. The van der Waals surface area contributed by atoms with Crippen LogP contribution in [-0.2, 0) is 12.0 Å². The summed E-state index contributed by atoms with van der Waals surface area (Å²) in [7, 11) is 0. The van der Waals surface area contributed by atoms with Crippen molar-refractivity contribution in [2.45, 2.75) is 45.1 Å². The van der Waals surface area contributed by atoms with Crippen LogP contribution in [0.3, 0.4) is 0 Å². The minimum absolute atomic E-state index is 0.147. The van der Waals surface area contributed by atoms with Crippen molar-refractivity contribution in [1.29, 1.82) is 0 Å². The second-order valence-electron chi connectivity index (χ2n) is 5.03. The van der Waals surface area contributed by atoms with Crippen LogP contribution in [0.15, 0.2) is 18.2 Å². The number of fused-ring (bicyclic) bond motifs is 1. The first kappa shape index (κ1) is 11.6. The molecule has 2 N–H and O–H groups in total. The highest BCUT2D eigenvalue weighted by Gasteiger charge is 2.39. The van der Waals surface area contributed by atoms with Crippen molar-refractivity contribution >= 4 is 0 Å². The molecule has 1 nitrogen and oxygen atoms in total. The molecule has 2 rings (SSSR count). The minimum Gasteiger partial charge on any atom is -0.321 e. The Hall–Kier alpha value is -0.890. The summed E-state index contributed by atoms with van der Waals surface area (Å²) >= 11 is 0. The number of hydrogen-bond acceptors (Lipinski definition) is 1. The fraction of sp³-hybridized carbons (Fsp3) is 0.571. The third-order valence-corrected chi connectivity index (χ3v) is 3.98. The van der Waals surface area contributed by atoms with E-state index >= 15 is 0 Å². The summed E-state index contributed by atoms with van der Waals surface area (Å²) in [5, 5.41) is 0. The first-order valence-electron chi connectivity index (χ1n) is 6.15. The number of rotatable bonds is 3. The van der Waals surface area contributed by atoms with Crippen molar-refractivity contribution < 1.29 is 4.39 Å². The predicted molar refractivity (Wildman–Crippen MR) is 64.7 cm³/mol. The Morgan fingerprint density at radius 2 is 2.25 bits per heavy atom. The summed E-state index contributed by atoms with van der Waals surface area (Å²) in [6.45, 7) is 4.39. The average Bonchev–Trinajstić information content (AvgIpc) is 2.58. The normalized spacial score (nSPS) is 25.5. The monoisotopic (exact) mass is 221 g/mol. The largest absolute Gasteiger partial charge is 0.321 e. The summed E-state index contributed by atoms with van der Waals surface area (Å²) in [6.07, 6.45) is 4.15. The van der Waals surface area contributed by atoms with Gasteiger partial charge in [-0.2, -0.15) is 0 Å². The van der Waals surface area contributed by atoms with E-state index in [0.717, 1.165) is 36.8 Å². The Labute approximate surface area is 96.9 Å². The van der Waals surface area contributed by atoms with Gasteiger partial charge in [0.25, 0.3) is 0 Å². The second kappa shape index (κ2) is 4.17. The minimum atomic E-state index is -0.237. The van der Waals surface area contributed by atoms with Crippen LogP contribution in [0.5, 0.6) is 0 Å².